The second kappa shape index (κ2) is 4.96. The Morgan fingerprint density at radius 3 is 2.74 bits per heavy atom. The Kier molecular flexibility index (Phi) is 3.31. The molecule has 4 nitrogen and oxygen atoms in total. The van der Waals surface area contributed by atoms with E-state index < -0.39 is 0 Å². The van der Waals surface area contributed by atoms with E-state index in [1.165, 1.54) is 11.3 Å². The van der Waals surface area contributed by atoms with Gasteiger partial charge in [0.15, 0.2) is 0 Å². The van der Waals surface area contributed by atoms with Crippen LogP contribution in [-0.4, -0.2) is 35.3 Å². The maximum Gasteiger partial charge on any atom is 0.263 e. The summed E-state index contributed by atoms with van der Waals surface area (Å²) in [6.07, 6.45) is 4.45. The Hall–Kier alpha value is -1.36. The molecule has 0 aromatic carbocycles. The Balaban J connectivity index is 1.63. The van der Waals surface area contributed by atoms with E-state index in [1.54, 1.807) is 0 Å². The Morgan fingerprint density at radius 2 is 2.11 bits per heavy atom. The summed E-state index contributed by atoms with van der Waals surface area (Å²) in [6.45, 7) is 1.49. The van der Waals surface area contributed by atoms with Crippen LogP contribution in [0.4, 0.5) is 0 Å². The molecule has 2 amide bonds. The van der Waals surface area contributed by atoms with Gasteiger partial charge in [-0.25, -0.2) is 0 Å². The highest BCUT2D eigenvalue weighted by Gasteiger charge is 2.39. The van der Waals surface area contributed by atoms with Crippen molar-refractivity contribution in [1.29, 1.82) is 0 Å². The largest absolute Gasteiger partial charge is 0.351 e. The first-order valence-electron chi connectivity index (χ1n) is 6.82. The van der Waals surface area contributed by atoms with Crippen LogP contribution in [0, 0.1) is 0 Å². The van der Waals surface area contributed by atoms with Crippen LogP contribution in [0.5, 0.6) is 0 Å². The number of carbonyl (C=O) groups is 2. The molecule has 1 aromatic heterocycles. The summed E-state index contributed by atoms with van der Waals surface area (Å²) < 4.78 is 0. The first kappa shape index (κ1) is 12.7. The lowest BCUT2D eigenvalue weighted by Gasteiger charge is -2.44. The van der Waals surface area contributed by atoms with Gasteiger partial charge in [0.25, 0.3) is 5.91 Å². The molecule has 3 heterocycles. The number of carbonyl (C=O) groups excluding carboxylic acids is 2. The van der Waals surface area contributed by atoms with Gasteiger partial charge in [-0.05, 0) is 37.1 Å². The minimum absolute atomic E-state index is 0.0401. The van der Waals surface area contributed by atoms with Crippen LogP contribution in [0.15, 0.2) is 17.5 Å². The van der Waals surface area contributed by atoms with Gasteiger partial charge in [-0.3, -0.25) is 9.59 Å². The number of hydrogen-bond donors (Lipinski definition) is 1. The van der Waals surface area contributed by atoms with Gasteiger partial charge < -0.3 is 10.2 Å². The second-order valence-corrected chi connectivity index (χ2v) is 6.40. The fourth-order valence-corrected chi connectivity index (χ4v) is 3.77. The van der Waals surface area contributed by atoms with E-state index in [0.717, 1.165) is 43.6 Å². The molecule has 19 heavy (non-hydrogen) atoms. The molecule has 1 spiro atoms. The molecule has 2 fully saturated rings. The Bertz CT molecular complexity index is 476. The van der Waals surface area contributed by atoms with Crippen molar-refractivity contribution in [3.05, 3.63) is 22.4 Å². The molecule has 0 bridgehead atoms. The number of piperidine rings is 2. The van der Waals surface area contributed by atoms with Crippen LogP contribution < -0.4 is 5.32 Å². The van der Waals surface area contributed by atoms with Gasteiger partial charge in [0.1, 0.15) is 0 Å². The van der Waals surface area contributed by atoms with Crippen molar-refractivity contribution in [1.82, 2.24) is 10.2 Å². The van der Waals surface area contributed by atoms with Crippen molar-refractivity contribution in [3.63, 3.8) is 0 Å². The highest BCUT2D eigenvalue weighted by atomic mass is 32.1. The molecule has 2 aliphatic rings. The van der Waals surface area contributed by atoms with Crippen LogP contribution in [0.1, 0.15) is 41.8 Å². The summed E-state index contributed by atoms with van der Waals surface area (Å²) in [7, 11) is 0. The van der Waals surface area contributed by atoms with Crippen LogP contribution in [0.3, 0.4) is 0 Å². The van der Waals surface area contributed by atoms with E-state index in [1.807, 2.05) is 22.4 Å². The standard InChI is InChI=1S/C14H18N2O2S/c17-12-4-1-5-14(15-12)6-8-16(9-7-14)13(18)11-3-2-10-19-11/h2-3,10H,1,4-9H2,(H,15,17). The molecule has 3 rings (SSSR count). The SMILES string of the molecule is O=C1CCCC2(CCN(C(=O)c3cccs3)CC2)N1. The molecular formula is C14H18N2O2S. The molecule has 5 heteroatoms. The zero-order valence-electron chi connectivity index (χ0n) is 10.9. The third kappa shape index (κ3) is 2.52. The average Bonchev–Trinajstić information content (AvgIpc) is 2.92. The minimum atomic E-state index is -0.0401. The number of thiophene rings is 1. The Labute approximate surface area is 116 Å². The molecule has 102 valence electrons. The lowest BCUT2D eigenvalue weighted by molar-refractivity contribution is -0.125. The van der Waals surface area contributed by atoms with Gasteiger partial charge in [0.2, 0.25) is 5.91 Å². The predicted octanol–water partition coefficient (Wildman–Crippen LogP) is 2.02. The van der Waals surface area contributed by atoms with Crippen molar-refractivity contribution < 1.29 is 9.59 Å². The fraction of sp³-hybridized carbons (Fsp3) is 0.571. The zero-order valence-corrected chi connectivity index (χ0v) is 11.7. The molecule has 2 aliphatic heterocycles. The smallest absolute Gasteiger partial charge is 0.263 e. The molecule has 0 atom stereocenters. The zero-order chi connectivity index (χ0) is 13.3. The quantitative estimate of drug-likeness (QED) is 0.854. The van der Waals surface area contributed by atoms with Crippen molar-refractivity contribution in [2.45, 2.75) is 37.6 Å². The highest BCUT2D eigenvalue weighted by molar-refractivity contribution is 7.12. The van der Waals surface area contributed by atoms with Gasteiger partial charge in [-0.15, -0.1) is 11.3 Å². The van der Waals surface area contributed by atoms with Crippen molar-refractivity contribution in [2.75, 3.05) is 13.1 Å². The minimum Gasteiger partial charge on any atom is -0.351 e. The number of nitrogens with zero attached hydrogens (tertiary/aromatic N) is 1. The lowest BCUT2D eigenvalue weighted by atomic mass is 9.80. The fourth-order valence-electron chi connectivity index (χ4n) is 3.08. The first-order chi connectivity index (χ1) is 9.19. The van der Waals surface area contributed by atoms with E-state index in [0.29, 0.717) is 6.42 Å². The van der Waals surface area contributed by atoms with E-state index in [4.69, 9.17) is 0 Å². The molecule has 1 aromatic rings. The van der Waals surface area contributed by atoms with Crippen LogP contribution in [0.2, 0.25) is 0 Å². The molecule has 1 N–H and O–H groups in total. The third-order valence-corrected chi connectivity index (χ3v) is 5.06. The van der Waals surface area contributed by atoms with Gasteiger partial charge in [0.05, 0.1) is 4.88 Å². The highest BCUT2D eigenvalue weighted by Crippen LogP contribution is 2.31. The lowest BCUT2D eigenvalue weighted by Crippen LogP contribution is -2.57. The maximum absolute atomic E-state index is 12.2. The topological polar surface area (TPSA) is 49.4 Å². The molecular weight excluding hydrogens is 260 g/mol. The normalized spacial score (nSPS) is 22.3. The van der Waals surface area contributed by atoms with Gasteiger partial charge in [-0.1, -0.05) is 6.07 Å². The summed E-state index contributed by atoms with van der Waals surface area (Å²) in [5.74, 6) is 0.302. The number of nitrogens with one attached hydrogen (secondary N) is 1. The first-order valence-corrected chi connectivity index (χ1v) is 7.70. The number of amides is 2. The van der Waals surface area contributed by atoms with Gasteiger partial charge >= 0.3 is 0 Å². The van der Waals surface area contributed by atoms with Crippen molar-refractivity contribution in [3.8, 4) is 0 Å². The number of rotatable bonds is 1. The van der Waals surface area contributed by atoms with E-state index in [-0.39, 0.29) is 17.4 Å². The van der Waals surface area contributed by atoms with Crippen LogP contribution >= 0.6 is 11.3 Å². The summed E-state index contributed by atoms with van der Waals surface area (Å²) in [4.78, 5) is 26.5. The third-order valence-electron chi connectivity index (χ3n) is 4.20. The van der Waals surface area contributed by atoms with E-state index in [9.17, 15) is 9.59 Å². The summed E-state index contributed by atoms with van der Waals surface area (Å²) in [5.41, 5.74) is -0.0401. The summed E-state index contributed by atoms with van der Waals surface area (Å²) >= 11 is 1.49. The van der Waals surface area contributed by atoms with Crippen molar-refractivity contribution in [2.24, 2.45) is 0 Å². The predicted molar refractivity (Wildman–Crippen MR) is 74.2 cm³/mol. The van der Waals surface area contributed by atoms with Gasteiger partial charge in [-0.2, -0.15) is 0 Å². The number of likely N-dealkylation sites (tertiary alicyclic amines) is 1. The summed E-state index contributed by atoms with van der Waals surface area (Å²) in [5, 5.41) is 5.08. The molecule has 0 aliphatic carbocycles. The van der Waals surface area contributed by atoms with Crippen LogP contribution in [0.25, 0.3) is 0 Å². The second-order valence-electron chi connectivity index (χ2n) is 5.45. The van der Waals surface area contributed by atoms with Crippen LogP contribution in [-0.2, 0) is 4.79 Å². The summed E-state index contributed by atoms with van der Waals surface area (Å²) in [6, 6.07) is 3.78. The van der Waals surface area contributed by atoms with Gasteiger partial charge in [0, 0.05) is 25.0 Å². The molecule has 0 saturated carbocycles. The monoisotopic (exact) mass is 278 g/mol. The number of hydrogen-bond acceptors (Lipinski definition) is 3. The van der Waals surface area contributed by atoms with E-state index in [2.05, 4.69) is 5.32 Å². The average molecular weight is 278 g/mol. The molecule has 0 unspecified atom stereocenters. The molecule has 2 saturated heterocycles. The maximum atomic E-state index is 12.2. The van der Waals surface area contributed by atoms with Crippen molar-refractivity contribution >= 4 is 23.2 Å². The van der Waals surface area contributed by atoms with E-state index >= 15 is 0 Å². The molecule has 0 radical (unpaired) electrons. The Morgan fingerprint density at radius 1 is 1.32 bits per heavy atom.